The summed E-state index contributed by atoms with van der Waals surface area (Å²) in [6.07, 6.45) is -2.21. The van der Waals surface area contributed by atoms with E-state index < -0.39 is 48.7 Å². The molecule has 0 radical (unpaired) electrons. The molecule has 0 saturated heterocycles. The maximum Gasteiger partial charge on any atom is 0.264 e. The lowest BCUT2D eigenvalue weighted by molar-refractivity contribution is -0.132. The zero-order valence-corrected chi connectivity index (χ0v) is 10.8. The number of hydrogen-bond acceptors (Lipinski definition) is 5. The third-order valence-corrected chi connectivity index (χ3v) is 3.42. The zero-order valence-electron chi connectivity index (χ0n) is 16.8. The molecule has 1 aliphatic rings. The molecule has 0 aliphatic heterocycles. The van der Waals surface area contributed by atoms with E-state index in [2.05, 4.69) is 4.98 Å². The van der Waals surface area contributed by atoms with Crippen molar-refractivity contribution in [1.29, 1.82) is 0 Å². The molecular weight excluding hydrogens is 270 g/mol. The summed E-state index contributed by atoms with van der Waals surface area (Å²) in [7, 11) is 0. The van der Waals surface area contributed by atoms with Gasteiger partial charge in [-0.15, -0.1) is 0 Å². The quantitative estimate of drug-likeness (QED) is 0.628. The van der Waals surface area contributed by atoms with Gasteiger partial charge < -0.3 is 5.73 Å². The molecule has 1 aliphatic carbocycles. The first-order chi connectivity index (χ1) is 12.4. The molecule has 1 fully saturated rings. The molecule has 0 amide bonds. The number of benzene rings is 1. The second-order valence-electron chi connectivity index (χ2n) is 4.75. The topological polar surface area (TPSA) is 95.0 Å². The van der Waals surface area contributed by atoms with Crippen LogP contribution in [0.15, 0.2) is 22.9 Å². The van der Waals surface area contributed by atoms with Crippen LogP contribution in [0.1, 0.15) is 39.3 Å². The summed E-state index contributed by atoms with van der Waals surface area (Å²) < 4.78 is 47.1. The Morgan fingerprint density at radius 2 is 2.29 bits per heavy atom. The third kappa shape index (κ3) is 2.12. The van der Waals surface area contributed by atoms with E-state index in [-0.39, 0.29) is 35.1 Å². The highest BCUT2D eigenvalue weighted by atomic mass is 16.2. The van der Waals surface area contributed by atoms with E-state index in [4.69, 9.17) is 14.0 Å². The molecule has 1 heterocycles. The van der Waals surface area contributed by atoms with Gasteiger partial charge in [-0.2, -0.15) is 0 Å². The van der Waals surface area contributed by atoms with Crippen LogP contribution < -0.4 is 11.3 Å². The number of anilines is 1. The van der Waals surface area contributed by atoms with E-state index >= 15 is 0 Å². The van der Waals surface area contributed by atoms with Crippen LogP contribution >= 0.6 is 0 Å². The lowest BCUT2D eigenvalue weighted by Crippen LogP contribution is -2.36. The van der Waals surface area contributed by atoms with Gasteiger partial charge in [-0.3, -0.25) is 19.0 Å². The van der Waals surface area contributed by atoms with E-state index in [1.54, 1.807) is 0 Å². The van der Waals surface area contributed by atoms with Gasteiger partial charge in [-0.05, 0) is 25.4 Å². The van der Waals surface area contributed by atoms with Crippen molar-refractivity contribution in [2.24, 2.45) is 0 Å². The van der Waals surface area contributed by atoms with E-state index in [0.717, 1.165) is 6.07 Å². The molecule has 3 rings (SSSR count). The van der Waals surface area contributed by atoms with Crippen molar-refractivity contribution in [2.75, 3.05) is 5.73 Å². The molecule has 108 valence electrons. The van der Waals surface area contributed by atoms with Crippen LogP contribution in [0.2, 0.25) is 0 Å². The molecule has 0 spiro atoms. The predicted molar refractivity (Wildman–Crippen MR) is 78.1 cm³/mol. The standard InChI is InChI=1S/C15H15N3O3/c1-8-17-11-4-2-3-10(16)14(11)15(21)18(8)12-6-5-9(19)7-13(12)20/h2-4,12H,5-7,16H2,1H3/i1D3,3D,4D,5D. The largest absolute Gasteiger partial charge is 0.398 e. The van der Waals surface area contributed by atoms with E-state index in [9.17, 15) is 14.4 Å². The summed E-state index contributed by atoms with van der Waals surface area (Å²) in [6, 6.07) is -0.958. The molecular formula is C15H15N3O3. The smallest absolute Gasteiger partial charge is 0.264 e. The van der Waals surface area contributed by atoms with Crippen LogP contribution in [0.3, 0.4) is 0 Å². The Balaban J connectivity index is 2.42. The predicted octanol–water partition coefficient (Wildman–Crippen LogP) is 1.15. The van der Waals surface area contributed by atoms with Crippen molar-refractivity contribution < 1.29 is 17.8 Å². The van der Waals surface area contributed by atoms with Gasteiger partial charge >= 0.3 is 0 Å². The zero-order chi connectivity index (χ0) is 20.3. The Labute approximate surface area is 129 Å². The average Bonchev–Trinajstić information content (AvgIpc) is 2.55. The van der Waals surface area contributed by atoms with Crippen molar-refractivity contribution in [3.05, 3.63) is 34.3 Å². The molecule has 0 bridgehead atoms. The van der Waals surface area contributed by atoms with Crippen LogP contribution in [0.4, 0.5) is 5.69 Å². The highest BCUT2D eigenvalue weighted by Crippen LogP contribution is 2.24. The van der Waals surface area contributed by atoms with E-state index in [1.807, 2.05) is 0 Å². The van der Waals surface area contributed by atoms with Gasteiger partial charge in [-0.1, -0.05) is 6.07 Å². The Morgan fingerprint density at radius 3 is 3.05 bits per heavy atom. The highest BCUT2D eigenvalue weighted by Gasteiger charge is 2.30. The van der Waals surface area contributed by atoms with E-state index in [1.165, 1.54) is 0 Å². The minimum absolute atomic E-state index is 0.280. The Bertz CT molecular complexity index is 1050. The molecule has 6 heteroatoms. The van der Waals surface area contributed by atoms with Crippen LogP contribution in [0.25, 0.3) is 10.9 Å². The number of ketones is 2. The van der Waals surface area contributed by atoms with Gasteiger partial charge in [0, 0.05) is 17.6 Å². The summed E-state index contributed by atoms with van der Waals surface area (Å²) in [4.78, 5) is 41.0. The first-order valence-corrected chi connectivity index (χ1v) is 6.23. The molecule has 2 atom stereocenters. The van der Waals surface area contributed by atoms with Gasteiger partial charge in [0.05, 0.1) is 26.1 Å². The molecule has 2 unspecified atom stereocenters. The number of Topliss-reactive ketones (excluding diaryl/α,β-unsaturated/α-hetero) is 2. The fourth-order valence-corrected chi connectivity index (χ4v) is 2.41. The molecule has 1 aromatic carbocycles. The number of nitrogens with two attached hydrogens (primary N) is 1. The van der Waals surface area contributed by atoms with Gasteiger partial charge in [0.25, 0.3) is 5.56 Å². The van der Waals surface area contributed by atoms with Crippen molar-refractivity contribution in [3.63, 3.8) is 0 Å². The maximum atomic E-state index is 13.1. The minimum atomic E-state index is -2.90. The lowest BCUT2D eigenvalue weighted by Gasteiger charge is -2.24. The number of carbonyl (C=O) groups excluding carboxylic acids is 2. The SMILES string of the molecule is [2H]c1cc([2H])c2nc(C([2H])([2H])[2H])n(C3CC([2H])C(=O)CC3=O)c(=O)c2c1N. The maximum absolute atomic E-state index is 13.1. The number of carbonyl (C=O) groups is 2. The summed E-state index contributed by atoms with van der Waals surface area (Å²) in [5.74, 6) is -2.01. The summed E-state index contributed by atoms with van der Waals surface area (Å²) >= 11 is 0. The number of nitrogen functional groups attached to an aromatic ring is 1. The second kappa shape index (κ2) is 4.80. The van der Waals surface area contributed by atoms with Gasteiger partial charge in [0.15, 0.2) is 5.78 Å². The van der Waals surface area contributed by atoms with Crippen LogP contribution in [0, 0.1) is 6.85 Å². The molecule has 1 aromatic heterocycles. The monoisotopic (exact) mass is 291 g/mol. The first-order valence-electron chi connectivity index (χ1n) is 9.31. The number of fused-ring (bicyclic) bond motifs is 1. The normalized spacial score (nSPS) is 27.4. The lowest BCUT2D eigenvalue weighted by atomic mass is 9.92. The van der Waals surface area contributed by atoms with Crippen LogP contribution in [-0.4, -0.2) is 21.1 Å². The van der Waals surface area contributed by atoms with Crippen molar-refractivity contribution in [2.45, 2.75) is 32.1 Å². The Hall–Kier alpha value is -2.50. The van der Waals surface area contributed by atoms with Crippen molar-refractivity contribution in [1.82, 2.24) is 9.55 Å². The molecule has 1 saturated carbocycles. The molecule has 6 nitrogen and oxygen atoms in total. The number of rotatable bonds is 1. The van der Waals surface area contributed by atoms with Crippen LogP contribution in [-0.2, 0) is 9.59 Å². The van der Waals surface area contributed by atoms with E-state index in [0.29, 0.717) is 4.57 Å². The summed E-state index contributed by atoms with van der Waals surface area (Å²) in [5.41, 5.74) is 4.24. The average molecular weight is 291 g/mol. The Morgan fingerprint density at radius 1 is 1.48 bits per heavy atom. The first kappa shape index (κ1) is 8.07. The fourth-order valence-electron chi connectivity index (χ4n) is 2.41. The van der Waals surface area contributed by atoms with Crippen molar-refractivity contribution in [3.8, 4) is 0 Å². The third-order valence-electron chi connectivity index (χ3n) is 3.42. The second-order valence-corrected chi connectivity index (χ2v) is 4.75. The summed E-state index contributed by atoms with van der Waals surface area (Å²) in [6.45, 7) is -2.90. The highest BCUT2D eigenvalue weighted by molar-refractivity contribution is 6.03. The fraction of sp³-hybridized carbons (Fsp3) is 0.333. The molecule has 2 aromatic rings. The molecule has 2 N–H and O–H groups in total. The number of aromatic nitrogens is 2. The minimum Gasteiger partial charge on any atom is -0.398 e. The van der Waals surface area contributed by atoms with Gasteiger partial charge in [0.1, 0.15) is 11.6 Å². The van der Waals surface area contributed by atoms with Gasteiger partial charge in [-0.25, -0.2) is 4.98 Å². The Kier molecular flexibility index (Phi) is 1.84. The molecule has 21 heavy (non-hydrogen) atoms. The number of nitrogens with zero attached hydrogens (tertiary/aromatic N) is 2. The number of hydrogen-bond donors (Lipinski definition) is 1. The van der Waals surface area contributed by atoms with Crippen molar-refractivity contribution >= 4 is 28.2 Å². The van der Waals surface area contributed by atoms with Gasteiger partial charge in [0.2, 0.25) is 0 Å². The van der Waals surface area contributed by atoms with Crippen LogP contribution in [0.5, 0.6) is 0 Å². The summed E-state index contributed by atoms with van der Waals surface area (Å²) in [5, 5.41) is -0.327. The number of aryl methyl sites for hydroxylation is 1.